The van der Waals surface area contributed by atoms with Crippen LogP contribution in [0.2, 0.25) is 0 Å². The van der Waals surface area contributed by atoms with Gasteiger partial charge in [-0.1, -0.05) is 19.9 Å². The van der Waals surface area contributed by atoms with Crippen LogP contribution >= 0.6 is 11.3 Å². The van der Waals surface area contributed by atoms with Gasteiger partial charge in [-0.2, -0.15) is 0 Å². The van der Waals surface area contributed by atoms with Gasteiger partial charge in [-0.05, 0) is 38.1 Å². The molecule has 18 heavy (non-hydrogen) atoms. The van der Waals surface area contributed by atoms with Gasteiger partial charge >= 0.3 is 0 Å². The zero-order valence-electron chi connectivity index (χ0n) is 11.9. The molecule has 0 aromatic carbocycles. The first-order valence-electron chi connectivity index (χ1n) is 6.37. The van der Waals surface area contributed by atoms with Gasteiger partial charge in [0.2, 0.25) is 5.91 Å². The zero-order chi connectivity index (χ0) is 13.8. The molecule has 4 heteroatoms. The Bertz CT molecular complexity index is 366. The summed E-state index contributed by atoms with van der Waals surface area (Å²) in [6, 6.07) is 4.41. The summed E-state index contributed by atoms with van der Waals surface area (Å²) in [6.07, 6.45) is 0. The van der Waals surface area contributed by atoms with Crippen LogP contribution in [0.4, 0.5) is 0 Å². The number of thiophene rings is 1. The summed E-state index contributed by atoms with van der Waals surface area (Å²) >= 11 is 1.73. The second kappa shape index (κ2) is 6.34. The Morgan fingerprint density at radius 3 is 2.50 bits per heavy atom. The van der Waals surface area contributed by atoms with E-state index in [1.54, 1.807) is 11.3 Å². The molecule has 1 atom stereocenters. The highest BCUT2D eigenvalue weighted by Crippen LogP contribution is 2.25. The van der Waals surface area contributed by atoms with Gasteiger partial charge in [-0.15, -0.1) is 11.3 Å². The summed E-state index contributed by atoms with van der Waals surface area (Å²) in [5, 5.41) is 8.37. The molecular formula is C14H24N2OS. The number of amides is 1. The average molecular weight is 268 g/mol. The fourth-order valence-electron chi connectivity index (χ4n) is 1.80. The van der Waals surface area contributed by atoms with Crippen LogP contribution in [0.3, 0.4) is 0 Å². The van der Waals surface area contributed by atoms with Crippen LogP contribution in [-0.2, 0) is 4.79 Å². The molecule has 0 fully saturated rings. The van der Waals surface area contributed by atoms with Gasteiger partial charge in [0.05, 0.1) is 6.54 Å². The largest absolute Gasteiger partial charge is 0.350 e. The molecule has 1 unspecified atom stereocenters. The molecule has 1 aromatic heterocycles. The van der Waals surface area contributed by atoms with Crippen molar-refractivity contribution < 1.29 is 4.79 Å². The summed E-state index contributed by atoms with van der Waals surface area (Å²) in [7, 11) is 0. The van der Waals surface area contributed by atoms with Crippen molar-refractivity contribution in [1.29, 1.82) is 0 Å². The van der Waals surface area contributed by atoms with Gasteiger partial charge < -0.3 is 10.6 Å². The third-order valence-electron chi connectivity index (χ3n) is 2.51. The first kappa shape index (κ1) is 15.2. The minimum atomic E-state index is -0.172. The van der Waals surface area contributed by atoms with E-state index in [4.69, 9.17) is 0 Å². The van der Waals surface area contributed by atoms with Crippen molar-refractivity contribution in [3.63, 3.8) is 0 Å². The highest BCUT2D eigenvalue weighted by atomic mass is 32.1. The molecule has 0 aliphatic rings. The van der Waals surface area contributed by atoms with E-state index in [0.717, 1.165) is 0 Å². The number of carbonyl (C=O) groups excluding carboxylic acids is 1. The third-order valence-corrected chi connectivity index (χ3v) is 3.47. The van der Waals surface area contributed by atoms with Crippen molar-refractivity contribution in [1.82, 2.24) is 10.6 Å². The van der Waals surface area contributed by atoms with Crippen LogP contribution in [0.1, 0.15) is 45.5 Å². The standard InChI is InChI=1S/C14H24N2OS/c1-10(2)13(11-7-6-8-18-11)15-9-12(17)16-14(3,4)5/h6-8,10,13,15H,9H2,1-5H3,(H,16,17). The fraction of sp³-hybridized carbons (Fsp3) is 0.643. The second-order valence-corrected chi connectivity index (χ2v) is 6.90. The third kappa shape index (κ3) is 5.19. The Morgan fingerprint density at radius 1 is 1.39 bits per heavy atom. The number of nitrogens with one attached hydrogen (secondary N) is 2. The van der Waals surface area contributed by atoms with E-state index in [1.807, 2.05) is 26.8 Å². The summed E-state index contributed by atoms with van der Waals surface area (Å²) < 4.78 is 0. The molecule has 0 saturated heterocycles. The van der Waals surface area contributed by atoms with Crippen molar-refractivity contribution in [2.24, 2.45) is 5.92 Å². The van der Waals surface area contributed by atoms with Gasteiger partial charge in [0.1, 0.15) is 0 Å². The molecule has 0 spiro atoms. The topological polar surface area (TPSA) is 41.1 Å². The van der Waals surface area contributed by atoms with Gasteiger partial charge in [-0.25, -0.2) is 0 Å². The summed E-state index contributed by atoms with van der Waals surface area (Å²) in [4.78, 5) is 13.1. The van der Waals surface area contributed by atoms with Crippen LogP contribution in [-0.4, -0.2) is 18.0 Å². The Labute approximate surface area is 114 Å². The maximum absolute atomic E-state index is 11.8. The van der Waals surface area contributed by atoms with Gasteiger partial charge in [0.15, 0.2) is 0 Å². The van der Waals surface area contributed by atoms with Gasteiger partial charge in [-0.3, -0.25) is 4.79 Å². The van der Waals surface area contributed by atoms with E-state index >= 15 is 0 Å². The lowest BCUT2D eigenvalue weighted by molar-refractivity contribution is -0.121. The Kier molecular flexibility index (Phi) is 5.35. The van der Waals surface area contributed by atoms with Gasteiger partial charge in [0, 0.05) is 16.5 Å². The normalized spacial score (nSPS) is 13.7. The molecule has 0 radical (unpaired) electrons. The highest BCUT2D eigenvalue weighted by Gasteiger charge is 2.19. The first-order valence-corrected chi connectivity index (χ1v) is 7.25. The molecule has 2 N–H and O–H groups in total. The van der Waals surface area contributed by atoms with E-state index in [-0.39, 0.29) is 17.5 Å². The molecule has 1 amide bonds. The maximum Gasteiger partial charge on any atom is 0.234 e. The first-order chi connectivity index (χ1) is 8.29. The average Bonchev–Trinajstić information content (AvgIpc) is 2.67. The lowest BCUT2D eigenvalue weighted by atomic mass is 10.0. The smallest absolute Gasteiger partial charge is 0.234 e. The van der Waals surface area contributed by atoms with Crippen LogP contribution in [0.25, 0.3) is 0 Å². The van der Waals surface area contributed by atoms with Crippen molar-refractivity contribution in [2.45, 2.75) is 46.2 Å². The fourth-order valence-corrected chi connectivity index (χ4v) is 2.77. The summed E-state index contributed by atoms with van der Waals surface area (Å²) in [5.41, 5.74) is -0.172. The number of rotatable bonds is 5. The highest BCUT2D eigenvalue weighted by molar-refractivity contribution is 7.10. The van der Waals surface area contributed by atoms with Crippen LogP contribution in [0.5, 0.6) is 0 Å². The van der Waals surface area contributed by atoms with Crippen molar-refractivity contribution in [2.75, 3.05) is 6.54 Å². The predicted molar refractivity (Wildman–Crippen MR) is 77.8 cm³/mol. The molecule has 3 nitrogen and oxygen atoms in total. The Hall–Kier alpha value is -0.870. The molecule has 0 aliphatic carbocycles. The van der Waals surface area contributed by atoms with Crippen LogP contribution < -0.4 is 10.6 Å². The quantitative estimate of drug-likeness (QED) is 0.862. The molecule has 0 saturated carbocycles. The SMILES string of the molecule is CC(C)C(NCC(=O)NC(C)(C)C)c1cccs1. The van der Waals surface area contributed by atoms with Crippen molar-refractivity contribution >= 4 is 17.2 Å². The van der Waals surface area contributed by atoms with Gasteiger partial charge in [0.25, 0.3) is 0 Å². The minimum Gasteiger partial charge on any atom is -0.350 e. The van der Waals surface area contributed by atoms with Crippen LogP contribution in [0, 0.1) is 5.92 Å². The maximum atomic E-state index is 11.8. The van der Waals surface area contributed by atoms with Crippen LogP contribution in [0.15, 0.2) is 17.5 Å². The van der Waals surface area contributed by atoms with E-state index in [1.165, 1.54) is 4.88 Å². The zero-order valence-corrected chi connectivity index (χ0v) is 12.7. The summed E-state index contributed by atoms with van der Waals surface area (Å²) in [6.45, 7) is 10.7. The molecular weight excluding hydrogens is 244 g/mol. The molecule has 0 bridgehead atoms. The van der Waals surface area contributed by atoms with E-state index in [9.17, 15) is 4.79 Å². The predicted octanol–water partition coefficient (Wildman–Crippen LogP) is 2.95. The molecule has 1 rings (SSSR count). The molecule has 1 aromatic rings. The second-order valence-electron chi connectivity index (χ2n) is 5.92. The Morgan fingerprint density at radius 2 is 2.06 bits per heavy atom. The number of hydrogen-bond acceptors (Lipinski definition) is 3. The van der Waals surface area contributed by atoms with Crippen molar-refractivity contribution in [3.8, 4) is 0 Å². The summed E-state index contributed by atoms with van der Waals surface area (Å²) in [5.74, 6) is 0.510. The molecule has 0 aliphatic heterocycles. The van der Waals surface area contributed by atoms with E-state index in [0.29, 0.717) is 12.5 Å². The number of hydrogen-bond donors (Lipinski definition) is 2. The monoisotopic (exact) mass is 268 g/mol. The lowest BCUT2D eigenvalue weighted by Crippen LogP contribution is -2.45. The minimum absolute atomic E-state index is 0.0460. The lowest BCUT2D eigenvalue weighted by Gasteiger charge is -2.24. The molecule has 1 heterocycles. The van der Waals surface area contributed by atoms with E-state index < -0.39 is 0 Å². The Balaban J connectivity index is 2.52. The van der Waals surface area contributed by atoms with E-state index in [2.05, 4.69) is 35.9 Å². The van der Waals surface area contributed by atoms with Crippen molar-refractivity contribution in [3.05, 3.63) is 22.4 Å². The molecule has 102 valence electrons. The number of carbonyl (C=O) groups is 1.